The van der Waals surface area contributed by atoms with Crippen LogP contribution in [0, 0.1) is 17.0 Å². The maximum absolute atomic E-state index is 13.8. The van der Waals surface area contributed by atoms with E-state index in [1.807, 2.05) is 13.8 Å². The summed E-state index contributed by atoms with van der Waals surface area (Å²) in [7, 11) is 0. The molecule has 206 valence electrons. The Bertz CT molecular complexity index is 1220. The summed E-state index contributed by atoms with van der Waals surface area (Å²) < 4.78 is 64.4. The fourth-order valence-corrected chi connectivity index (χ4v) is 4.92. The zero-order valence-corrected chi connectivity index (χ0v) is 21.1. The van der Waals surface area contributed by atoms with E-state index in [0.29, 0.717) is 41.2 Å². The van der Waals surface area contributed by atoms with Crippen molar-refractivity contribution in [1.82, 2.24) is 10.2 Å². The molecule has 3 atom stereocenters. The number of hydrogen-bond donors (Lipinski definition) is 3. The van der Waals surface area contributed by atoms with Gasteiger partial charge in [-0.05, 0) is 49.9 Å². The van der Waals surface area contributed by atoms with Gasteiger partial charge in [-0.25, -0.2) is 13.6 Å². The van der Waals surface area contributed by atoms with Crippen LogP contribution in [0.25, 0.3) is 11.1 Å². The Labute approximate surface area is 220 Å². The molecule has 0 unspecified atom stereocenters. The third-order valence-electron chi connectivity index (χ3n) is 6.30. The van der Waals surface area contributed by atoms with Gasteiger partial charge in [0.2, 0.25) is 5.91 Å². The van der Waals surface area contributed by atoms with E-state index in [2.05, 4.69) is 5.32 Å². The maximum atomic E-state index is 13.8. The van der Waals surface area contributed by atoms with Gasteiger partial charge in [0, 0.05) is 18.2 Å². The van der Waals surface area contributed by atoms with Crippen molar-refractivity contribution >= 4 is 29.4 Å². The summed E-state index contributed by atoms with van der Waals surface area (Å²) in [6.07, 6.45) is -3.57. The lowest BCUT2D eigenvalue weighted by Crippen LogP contribution is -2.63. The summed E-state index contributed by atoms with van der Waals surface area (Å²) in [6.45, 7) is 4.34. The molecule has 2 aliphatic heterocycles. The molecule has 3 N–H and O–H groups in total. The third-order valence-corrected chi connectivity index (χ3v) is 6.70. The normalized spacial score (nSPS) is 23.8. The molecule has 2 heterocycles. The number of halogens is 6. The second-order valence-electron chi connectivity index (χ2n) is 9.20. The number of carboxylic acid groups (broad SMARTS) is 1. The Balaban J connectivity index is 0.000000505. The van der Waals surface area contributed by atoms with Crippen molar-refractivity contribution in [3.8, 4) is 11.1 Å². The molecule has 4 rings (SSSR count). The molecule has 38 heavy (non-hydrogen) atoms. The molecule has 0 spiro atoms. The minimum Gasteiger partial charge on any atom is -0.475 e. The zero-order valence-electron chi connectivity index (χ0n) is 20.3. The van der Waals surface area contributed by atoms with E-state index in [9.17, 15) is 26.7 Å². The van der Waals surface area contributed by atoms with Crippen LogP contribution in [-0.2, 0) is 19.9 Å². The number of carbonyl (C=O) groups excluding carboxylic acids is 1. The topological polar surface area (TPSA) is 103 Å². The molecule has 0 aromatic heterocycles. The molecule has 1 amide bonds. The Kier molecular flexibility index (Phi) is 8.67. The lowest BCUT2D eigenvalue weighted by Gasteiger charge is -2.45. The Hall–Kier alpha value is -3.25. The number of nitrogens with zero attached hydrogens (tertiary/aromatic N) is 1. The van der Waals surface area contributed by atoms with Crippen molar-refractivity contribution < 1.29 is 41.4 Å². The monoisotopic (exact) mass is 561 g/mol. The Morgan fingerprint density at radius 2 is 1.89 bits per heavy atom. The van der Waals surface area contributed by atoms with Crippen LogP contribution in [0.1, 0.15) is 38.7 Å². The Morgan fingerprint density at radius 1 is 1.24 bits per heavy atom. The fourth-order valence-electron chi connectivity index (χ4n) is 4.48. The molecule has 7 nitrogen and oxygen atoms in total. The van der Waals surface area contributed by atoms with Gasteiger partial charge in [-0.2, -0.15) is 13.2 Å². The number of hydrogen-bond acceptors (Lipinski definition) is 4. The number of amides is 1. The molecular weight excluding hydrogens is 537 g/mol. The number of rotatable bonds is 3. The van der Waals surface area contributed by atoms with Crippen molar-refractivity contribution in [2.75, 3.05) is 6.61 Å². The van der Waals surface area contributed by atoms with Gasteiger partial charge < -0.3 is 15.2 Å². The van der Waals surface area contributed by atoms with Gasteiger partial charge in [0.05, 0.1) is 23.1 Å². The van der Waals surface area contributed by atoms with Crippen LogP contribution in [0.5, 0.6) is 0 Å². The van der Waals surface area contributed by atoms with E-state index in [4.69, 9.17) is 31.6 Å². The van der Waals surface area contributed by atoms with Crippen molar-refractivity contribution in [1.29, 1.82) is 5.41 Å². The third kappa shape index (κ3) is 6.41. The second kappa shape index (κ2) is 11.2. The summed E-state index contributed by atoms with van der Waals surface area (Å²) in [4.78, 5) is 23.5. The number of nitrogens with one attached hydrogen (secondary N) is 2. The molecule has 2 aromatic rings. The van der Waals surface area contributed by atoms with Gasteiger partial charge in [-0.1, -0.05) is 35.9 Å². The first-order chi connectivity index (χ1) is 17.6. The van der Waals surface area contributed by atoms with Gasteiger partial charge in [-0.15, -0.1) is 0 Å². The van der Waals surface area contributed by atoms with Gasteiger partial charge >= 0.3 is 12.1 Å². The molecule has 0 bridgehead atoms. The first-order valence-electron chi connectivity index (χ1n) is 11.5. The lowest BCUT2D eigenvalue weighted by atomic mass is 9.84. The van der Waals surface area contributed by atoms with Gasteiger partial charge in [0.15, 0.2) is 17.6 Å². The molecule has 2 fully saturated rings. The van der Waals surface area contributed by atoms with Crippen LogP contribution in [0.15, 0.2) is 36.4 Å². The lowest BCUT2D eigenvalue weighted by molar-refractivity contribution is -0.192. The molecule has 0 radical (unpaired) electrons. The predicted octanol–water partition coefficient (Wildman–Crippen LogP) is 5.46. The average Bonchev–Trinajstić information content (AvgIpc) is 2.80. The highest BCUT2D eigenvalue weighted by molar-refractivity contribution is 6.34. The SMILES string of the molecule is C[C@H]1C[C@@H](N2C(=N)N[C@](C)(c3cccc(-c4ccc(F)c(F)c4)c3Cl)CC2=O)CCO1.O=C(O)C(F)(F)F. The summed E-state index contributed by atoms with van der Waals surface area (Å²) >= 11 is 6.69. The van der Waals surface area contributed by atoms with Crippen LogP contribution >= 0.6 is 11.6 Å². The van der Waals surface area contributed by atoms with Crippen LogP contribution in [0.3, 0.4) is 0 Å². The van der Waals surface area contributed by atoms with Gasteiger partial charge in [0.25, 0.3) is 0 Å². The fraction of sp³-hybridized carbons (Fsp3) is 0.400. The van der Waals surface area contributed by atoms with E-state index >= 15 is 0 Å². The predicted molar refractivity (Wildman–Crippen MR) is 129 cm³/mol. The van der Waals surface area contributed by atoms with Gasteiger partial charge in [0.1, 0.15) is 0 Å². The van der Waals surface area contributed by atoms with E-state index in [-0.39, 0.29) is 30.4 Å². The highest BCUT2D eigenvalue weighted by Crippen LogP contribution is 2.40. The van der Waals surface area contributed by atoms with Crippen LogP contribution in [-0.4, -0.2) is 52.8 Å². The summed E-state index contributed by atoms with van der Waals surface area (Å²) in [5.41, 5.74) is 0.673. The number of carbonyl (C=O) groups is 2. The smallest absolute Gasteiger partial charge is 0.475 e. The largest absolute Gasteiger partial charge is 0.490 e. The molecule has 0 aliphatic carbocycles. The number of alkyl halides is 3. The van der Waals surface area contributed by atoms with E-state index in [1.165, 1.54) is 11.0 Å². The number of benzene rings is 2. The number of aliphatic carboxylic acids is 1. The van der Waals surface area contributed by atoms with Crippen molar-refractivity contribution in [2.45, 2.75) is 57.0 Å². The van der Waals surface area contributed by atoms with Crippen LogP contribution in [0.4, 0.5) is 22.0 Å². The summed E-state index contributed by atoms with van der Waals surface area (Å²) in [5.74, 6) is -4.77. The first kappa shape index (κ1) is 29.3. The molecule has 2 aromatic carbocycles. The minimum atomic E-state index is -5.08. The minimum absolute atomic E-state index is 0.0344. The van der Waals surface area contributed by atoms with Crippen LogP contribution in [0.2, 0.25) is 5.02 Å². The van der Waals surface area contributed by atoms with E-state index < -0.39 is 29.3 Å². The highest BCUT2D eigenvalue weighted by Gasteiger charge is 2.44. The van der Waals surface area contributed by atoms with Crippen LogP contribution < -0.4 is 5.32 Å². The molecule has 13 heteroatoms. The summed E-state index contributed by atoms with van der Waals surface area (Å²) in [5, 5.41) is 19.2. The van der Waals surface area contributed by atoms with Gasteiger partial charge in [-0.3, -0.25) is 15.1 Å². The van der Waals surface area contributed by atoms with E-state index in [0.717, 1.165) is 12.1 Å². The zero-order chi connectivity index (χ0) is 28.4. The van der Waals surface area contributed by atoms with E-state index in [1.54, 1.807) is 18.2 Å². The molecule has 0 saturated carbocycles. The Morgan fingerprint density at radius 3 is 2.45 bits per heavy atom. The quantitative estimate of drug-likeness (QED) is 0.432. The average molecular weight is 562 g/mol. The molecule has 2 saturated heterocycles. The number of guanidine groups is 1. The molecular formula is C25H25ClF5N3O4. The summed E-state index contributed by atoms with van der Waals surface area (Å²) in [6, 6.07) is 8.79. The molecule has 2 aliphatic rings. The first-order valence-corrected chi connectivity index (χ1v) is 11.9. The maximum Gasteiger partial charge on any atom is 0.490 e. The van der Waals surface area contributed by atoms with Crippen molar-refractivity contribution in [2.24, 2.45) is 0 Å². The van der Waals surface area contributed by atoms with Crippen molar-refractivity contribution in [3.05, 3.63) is 58.6 Å². The second-order valence-corrected chi connectivity index (χ2v) is 9.58. The standard InChI is InChI=1S/C23H24ClF2N3O2.C2HF3O2/c1-13-10-15(8-9-31-13)29-20(30)12-23(2,28-22(29)27)17-5-3-4-16(21(17)24)14-6-7-18(25)19(26)11-14;3-2(4,5)1(6)7/h3-7,11,13,15H,8-10,12H2,1-2H3,(H2,27,28);(H,6,7)/t13-,15-,23-;/m0./s1. The highest BCUT2D eigenvalue weighted by atomic mass is 35.5. The number of carboxylic acids is 1. The van der Waals surface area contributed by atoms with Crippen molar-refractivity contribution in [3.63, 3.8) is 0 Å². The number of ether oxygens (including phenoxy) is 1.